The molecule has 0 amide bonds. The number of halogens is 1. The van der Waals surface area contributed by atoms with E-state index < -0.39 is 0 Å². The molecule has 3 nitrogen and oxygen atoms in total. The van der Waals surface area contributed by atoms with Gasteiger partial charge in [0.15, 0.2) is 0 Å². The van der Waals surface area contributed by atoms with Crippen molar-refractivity contribution in [1.82, 2.24) is 15.1 Å². The van der Waals surface area contributed by atoms with Gasteiger partial charge in [-0.25, -0.2) is 0 Å². The third-order valence-electron chi connectivity index (χ3n) is 3.54. The van der Waals surface area contributed by atoms with E-state index in [0.29, 0.717) is 6.04 Å². The molecular formula is C16H22ClN3. The van der Waals surface area contributed by atoms with E-state index >= 15 is 0 Å². The summed E-state index contributed by atoms with van der Waals surface area (Å²) in [6, 6.07) is 8.65. The number of aryl methyl sites for hydroxylation is 2. The molecule has 1 aromatic heterocycles. The molecule has 1 aromatic carbocycles. The van der Waals surface area contributed by atoms with Crippen molar-refractivity contribution in [2.75, 3.05) is 0 Å². The molecule has 20 heavy (non-hydrogen) atoms. The van der Waals surface area contributed by atoms with Gasteiger partial charge in [0, 0.05) is 35.9 Å². The first-order valence-electron chi connectivity index (χ1n) is 6.97. The average Bonchev–Trinajstić information content (AvgIpc) is 2.71. The molecule has 0 fully saturated rings. The van der Waals surface area contributed by atoms with E-state index in [1.165, 1.54) is 11.1 Å². The molecule has 0 aliphatic carbocycles. The summed E-state index contributed by atoms with van der Waals surface area (Å²) < 4.78 is 1.86. The lowest BCUT2D eigenvalue weighted by atomic mass is 10.0. The van der Waals surface area contributed by atoms with Crippen LogP contribution in [0.2, 0.25) is 5.02 Å². The van der Waals surface area contributed by atoms with Crippen molar-refractivity contribution in [3.05, 3.63) is 52.3 Å². The van der Waals surface area contributed by atoms with Crippen LogP contribution in [0.25, 0.3) is 0 Å². The number of benzene rings is 1. The van der Waals surface area contributed by atoms with Gasteiger partial charge >= 0.3 is 0 Å². The van der Waals surface area contributed by atoms with Crippen molar-refractivity contribution in [2.24, 2.45) is 7.05 Å². The summed E-state index contributed by atoms with van der Waals surface area (Å²) in [6.45, 7) is 6.41. The maximum Gasteiger partial charge on any atom is 0.0641 e. The highest BCUT2D eigenvalue weighted by Crippen LogP contribution is 2.19. The van der Waals surface area contributed by atoms with Gasteiger partial charge in [-0.3, -0.25) is 4.68 Å². The number of nitrogens with zero attached hydrogens (tertiary/aromatic N) is 2. The zero-order valence-electron chi connectivity index (χ0n) is 12.5. The molecule has 1 N–H and O–H groups in total. The number of hydrogen-bond donors (Lipinski definition) is 1. The van der Waals surface area contributed by atoms with Crippen LogP contribution in [-0.2, 0) is 13.5 Å². The van der Waals surface area contributed by atoms with E-state index in [4.69, 9.17) is 11.6 Å². The molecule has 0 aliphatic heterocycles. The monoisotopic (exact) mass is 291 g/mol. The fourth-order valence-corrected chi connectivity index (χ4v) is 2.83. The summed E-state index contributed by atoms with van der Waals surface area (Å²) in [5.74, 6) is 0. The number of rotatable bonds is 5. The topological polar surface area (TPSA) is 29.9 Å². The predicted molar refractivity (Wildman–Crippen MR) is 84.1 cm³/mol. The molecular weight excluding hydrogens is 270 g/mol. The summed E-state index contributed by atoms with van der Waals surface area (Å²) in [5.41, 5.74) is 3.51. The largest absolute Gasteiger partial charge is 0.307 e. The second kappa shape index (κ2) is 6.42. The van der Waals surface area contributed by atoms with Gasteiger partial charge in [0.25, 0.3) is 0 Å². The second-order valence-electron chi connectivity index (χ2n) is 5.43. The summed E-state index contributed by atoms with van der Waals surface area (Å²) in [7, 11) is 1.95. The number of aromatic nitrogens is 2. The Kier molecular flexibility index (Phi) is 4.84. The van der Waals surface area contributed by atoms with E-state index in [9.17, 15) is 0 Å². The maximum atomic E-state index is 6.21. The molecule has 2 rings (SSSR count). The van der Waals surface area contributed by atoms with Gasteiger partial charge in [-0.15, -0.1) is 0 Å². The molecule has 0 saturated carbocycles. The predicted octanol–water partition coefficient (Wildman–Crippen LogP) is 3.66. The zero-order chi connectivity index (χ0) is 14.7. The van der Waals surface area contributed by atoms with Crippen molar-refractivity contribution >= 4 is 11.6 Å². The fourth-order valence-electron chi connectivity index (χ4n) is 2.61. The highest BCUT2D eigenvalue weighted by molar-refractivity contribution is 6.31. The van der Waals surface area contributed by atoms with Crippen LogP contribution in [0.15, 0.2) is 30.5 Å². The highest BCUT2D eigenvalue weighted by atomic mass is 35.5. The lowest BCUT2D eigenvalue weighted by molar-refractivity contribution is 0.476. The van der Waals surface area contributed by atoms with Crippen molar-refractivity contribution < 1.29 is 0 Å². The van der Waals surface area contributed by atoms with Gasteiger partial charge < -0.3 is 5.32 Å². The smallest absolute Gasteiger partial charge is 0.0641 e. The first kappa shape index (κ1) is 15.1. The van der Waals surface area contributed by atoms with Crippen LogP contribution < -0.4 is 5.32 Å². The minimum atomic E-state index is 0.279. The number of hydrogen-bond acceptors (Lipinski definition) is 2. The summed E-state index contributed by atoms with van der Waals surface area (Å²) in [5, 5.41) is 8.85. The van der Waals surface area contributed by atoms with Gasteiger partial charge in [-0.05, 0) is 38.8 Å². The highest BCUT2D eigenvalue weighted by Gasteiger charge is 2.15. The van der Waals surface area contributed by atoms with Crippen LogP contribution >= 0.6 is 11.6 Å². The van der Waals surface area contributed by atoms with Gasteiger partial charge in [0.1, 0.15) is 0 Å². The molecule has 0 radical (unpaired) electrons. The van der Waals surface area contributed by atoms with Crippen molar-refractivity contribution in [3.8, 4) is 0 Å². The van der Waals surface area contributed by atoms with Gasteiger partial charge in [0.05, 0.1) is 5.69 Å². The Morgan fingerprint density at radius 1 is 1.30 bits per heavy atom. The third-order valence-corrected chi connectivity index (χ3v) is 3.91. The Balaban J connectivity index is 1.99. The molecule has 1 heterocycles. The Labute approximate surface area is 126 Å². The van der Waals surface area contributed by atoms with Crippen LogP contribution in [0.1, 0.15) is 36.7 Å². The van der Waals surface area contributed by atoms with Crippen molar-refractivity contribution in [3.63, 3.8) is 0 Å². The lowest BCUT2D eigenvalue weighted by Crippen LogP contribution is -2.31. The molecule has 2 aromatic rings. The maximum absolute atomic E-state index is 6.21. The Hall–Kier alpha value is -1.32. The molecule has 0 aliphatic rings. The van der Waals surface area contributed by atoms with Crippen molar-refractivity contribution in [1.29, 1.82) is 0 Å². The summed E-state index contributed by atoms with van der Waals surface area (Å²) in [4.78, 5) is 0. The molecule has 2 atom stereocenters. The van der Waals surface area contributed by atoms with E-state index in [1.807, 2.05) is 36.9 Å². The van der Waals surface area contributed by atoms with Crippen LogP contribution in [0.4, 0.5) is 0 Å². The lowest BCUT2D eigenvalue weighted by Gasteiger charge is -2.20. The van der Waals surface area contributed by atoms with Crippen LogP contribution in [0.3, 0.4) is 0 Å². The SMILES string of the molecule is Cc1nn(C)cc1C(C)NC(C)Cc1ccccc1Cl. The first-order chi connectivity index (χ1) is 9.47. The van der Waals surface area contributed by atoms with Gasteiger partial charge in [0.2, 0.25) is 0 Å². The minimum Gasteiger partial charge on any atom is -0.307 e. The first-order valence-corrected chi connectivity index (χ1v) is 7.34. The molecule has 4 heteroatoms. The zero-order valence-corrected chi connectivity index (χ0v) is 13.3. The second-order valence-corrected chi connectivity index (χ2v) is 5.84. The summed E-state index contributed by atoms with van der Waals surface area (Å²) >= 11 is 6.21. The average molecular weight is 292 g/mol. The fraction of sp³-hybridized carbons (Fsp3) is 0.438. The van der Waals surface area contributed by atoms with Crippen LogP contribution in [0.5, 0.6) is 0 Å². The molecule has 0 bridgehead atoms. The summed E-state index contributed by atoms with van der Waals surface area (Å²) in [6.07, 6.45) is 3.00. The molecule has 108 valence electrons. The minimum absolute atomic E-state index is 0.279. The van der Waals surface area contributed by atoms with E-state index in [1.54, 1.807) is 0 Å². The normalized spacial score (nSPS) is 14.2. The quantitative estimate of drug-likeness (QED) is 0.911. The Bertz CT molecular complexity index is 577. The Morgan fingerprint density at radius 2 is 2.00 bits per heavy atom. The van der Waals surface area contributed by atoms with Crippen LogP contribution in [0, 0.1) is 6.92 Å². The van der Waals surface area contributed by atoms with E-state index in [2.05, 4.69) is 36.5 Å². The third kappa shape index (κ3) is 3.62. The van der Waals surface area contributed by atoms with Crippen molar-refractivity contribution in [2.45, 2.75) is 39.3 Å². The molecule has 0 saturated heterocycles. The molecule has 0 spiro atoms. The van der Waals surface area contributed by atoms with Crippen LogP contribution in [-0.4, -0.2) is 15.8 Å². The number of nitrogens with one attached hydrogen (secondary N) is 1. The van der Waals surface area contributed by atoms with E-state index in [-0.39, 0.29) is 6.04 Å². The van der Waals surface area contributed by atoms with Gasteiger partial charge in [-0.2, -0.15) is 5.10 Å². The van der Waals surface area contributed by atoms with E-state index in [0.717, 1.165) is 17.1 Å². The molecule has 2 unspecified atom stereocenters. The van der Waals surface area contributed by atoms with Gasteiger partial charge in [-0.1, -0.05) is 29.8 Å². The standard InChI is InChI=1S/C16H22ClN3/c1-11(9-14-7-5-6-8-16(14)17)18-12(2)15-10-20(4)19-13(15)3/h5-8,10-12,18H,9H2,1-4H3. The Morgan fingerprint density at radius 3 is 2.60 bits per heavy atom.